The maximum atomic E-state index is 13.1. The smallest absolute Gasteiger partial charge is 0.295 e. The lowest BCUT2D eigenvalue weighted by molar-refractivity contribution is -0.384. The SMILES string of the molecule is CCN(CC)S(=O)(=O)c1ccc(C(O)=C2C(=O)C(=O)N(CCCOC)[C@@H]2c2ccc([N+](=O)[O-])cc2)cc1. The third kappa shape index (κ3) is 5.55. The number of benzene rings is 2. The van der Waals surface area contributed by atoms with E-state index in [0.29, 0.717) is 31.7 Å². The molecule has 2 aromatic carbocycles. The van der Waals surface area contributed by atoms with E-state index < -0.39 is 38.4 Å². The first-order valence-electron chi connectivity index (χ1n) is 11.7. The zero-order valence-electron chi connectivity index (χ0n) is 20.8. The highest BCUT2D eigenvalue weighted by Gasteiger charge is 2.45. The van der Waals surface area contributed by atoms with E-state index in [4.69, 9.17) is 4.74 Å². The fourth-order valence-electron chi connectivity index (χ4n) is 4.27. The summed E-state index contributed by atoms with van der Waals surface area (Å²) in [5.74, 6) is -2.19. The van der Waals surface area contributed by atoms with Gasteiger partial charge in [-0.25, -0.2) is 8.42 Å². The number of nitro groups is 1. The van der Waals surface area contributed by atoms with Crippen molar-refractivity contribution in [3.8, 4) is 0 Å². The zero-order valence-corrected chi connectivity index (χ0v) is 21.6. The molecule has 1 aliphatic rings. The number of hydrogen-bond donors (Lipinski definition) is 1. The number of carbonyl (C=O) groups is 2. The first-order valence-corrected chi connectivity index (χ1v) is 13.1. The second-order valence-electron chi connectivity index (χ2n) is 8.30. The van der Waals surface area contributed by atoms with Gasteiger partial charge in [-0.05, 0) is 48.4 Å². The van der Waals surface area contributed by atoms with Crippen molar-refractivity contribution < 1.29 is 32.8 Å². The largest absolute Gasteiger partial charge is 0.507 e. The van der Waals surface area contributed by atoms with Gasteiger partial charge in [0.15, 0.2) is 0 Å². The van der Waals surface area contributed by atoms with Crippen LogP contribution in [0.3, 0.4) is 0 Å². The summed E-state index contributed by atoms with van der Waals surface area (Å²) in [5, 5.41) is 22.2. The molecule has 3 rings (SSSR count). The summed E-state index contributed by atoms with van der Waals surface area (Å²) >= 11 is 0. The number of Topliss-reactive ketones (excluding diaryl/α,β-unsaturated/α-hetero) is 1. The number of sulfonamides is 1. The standard InChI is InChI=1S/C25H29N3O8S/c1-4-26(5-2)37(34,35)20-13-9-18(10-14-20)23(29)21-22(17-7-11-19(12-8-17)28(32)33)27(15-6-16-36-3)25(31)24(21)30/h7-14,22,29H,4-6,15-16H2,1-3H3/t22-/m1/s1. The highest BCUT2D eigenvalue weighted by atomic mass is 32.2. The molecular formula is C25H29N3O8S. The first-order chi connectivity index (χ1) is 17.6. The van der Waals surface area contributed by atoms with Crippen LogP contribution in [0.4, 0.5) is 5.69 Å². The molecule has 0 bridgehead atoms. The second-order valence-corrected chi connectivity index (χ2v) is 10.2. The van der Waals surface area contributed by atoms with Crippen LogP contribution in [0.1, 0.15) is 37.4 Å². The minimum Gasteiger partial charge on any atom is -0.507 e. The highest BCUT2D eigenvalue weighted by Crippen LogP contribution is 2.40. The number of hydrogen-bond acceptors (Lipinski definition) is 8. The molecule has 1 N–H and O–H groups in total. The van der Waals surface area contributed by atoms with Gasteiger partial charge in [0.2, 0.25) is 10.0 Å². The lowest BCUT2D eigenvalue weighted by atomic mass is 9.95. The number of ether oxygens (including phenoxy) is 1. The van der Waals surface area contributed by atoms with E-state index in [-0.39, 0.29) is 28.3 Å². The fourth-order valence-corrected chi connectivity index (χ4v) is 5.73. The molecule has 1 heterocycles. The average Bonchev–Trinajstić information content (AvgIpc) is 3.14. The summed E-state index contributed by atoms with van der Waals surface area (Å²) in [5.41, 5.74) is 0.213. The molecule has 11 nitrogen and oxygen atoms in total. The molecule has 0 spiro atoms. The maximum Gasteiger partial charge on any atom is 0.295 e. The number of methoxy groups -OCH3 is 1. The van der Waals surface area contributed by atoms with Crippen LogP contribution in [0.25, 0.3) is 5.76 Å². The number of ketones is 1. The Morgan fingerprint density at radius 1 is 1.08 bits per heavy atom. The Hall–Kier alpha value is -3.61. The Kier molecular flexibility index (Phi) is 8.79. The summed E-state index contributed by atoms with van der Waals surface area (Å²) in [4.78, 5) is 37.8. The van der Waals surface area contributed by atoms with Gasteiger partial charge < -0.3 is 14.7 Å². The molecule has 1 aliphatic heterocycles. The molecule has 0 aromatic heterocycles. The molecule has 1 atom stereocenters. The number of rotatable bonds is 11. The molecule has 1 fully saturated rings. The van der Waals surface area contributed by atoms with Crippen molar-refractivity contribution in [1.29, 1.82) is 0 Å². The number of nitrogens with zero attached hydrogens (tertiary/aromatic N) is 3. The van der Waals surface area contributed by atoms with E-state index in [1.807, 2.05) is 0 Å². The third-order valence-electron chi connectivity index (χ3n) is 6.18. The summed E-state index contributed by atoms with van der Waals surface area (Å²) in [6.07, 6.45) is 0.422. The molecule has 1 amide bonds. The number of likely N-dealkylation sites (tertiary alicyclic amines) is 1. The summed E-state index contributed by atoms with van der Waals surface area (Å²) in [6.45, 7) is 4.53. The van der Waals surface area contributed by atoms with E-state index in [1.165, 1.54) is 64.8 Å². The molecule has 37 heavy (non-hydrogen) atoms. The minimum atomic E-state index is -3.73. The van der Waals surface area contributed by atoms with Gasteiger partial charge in [-0.1, -0.05) is 13.8 Å². The molecular weight excluding hydrogens is 502 g/mol. The van der Waals surface area contributed by atoms with E-state index in [9.17, 15) is 33.2 Å². The number of nitro benzene ring substituents is 1. The molecule has 1 saturated heterocycles. The molecule has 0 saturated carbocycles. The van der Waals surface area contributed by atoms with Gasteiger partial charge in [-0.15, -0.1) is 0 Å². The van der Waals surface area contributed by atoms with Crippen LogP contribution in [-0.4, -0.2) is 72.7 Å². The Bertz CT molecular complexity index is 1300. The van der Waals surface area contributed by atoms with Crippen molar-refractivity contribution in [2.45, 2.75) is 31.2 Å². The van der Waals surface area contributed by atoms with Crippen LogP contribution in [0, 0.1) is 10.1 Å². The van der Waals surface area contributed by atoms with E-state index in [0.717, 1.165) is 0 Å². The van der Waals surface area contributed by atoms with Crippen LogP contribution < -0.4 is 0 Å². The maximum absolute atomic E-state index is 13.1. The number of aliphatic hydroxyl groups excluding tert-OH is 1. The summed E-state index contributed by atoms with van der Waals surface area (Å²) in [7, 11) is -2.22. The summed E-state index contributed by atoms with van der Waals surface area (Å²) < 4.78 is 31.9. The molecule has 0 aliphatic carbocycles. The predicted molar refractivity (Wildman–Crippen MR) is 135 cm³/mol. The highest BCUT2D eigenvalue weighted by molar-refractivity contribution is 7.89. The van der Waals surface area contributed by atoms with E-state index in [1.54, 1.807) is 13.8 Å². The quantitative estimate of drug-likeness (QED) is 0.116. The van der Waals surface area contributed by atoms with Crippen molar-refractivity contribution in [1.82, 2.24) is 9.21 Å². The second kappa shape index (κ2) is 11.6. The van der Waals surface area contributed by atoms with Gasteiger partial charge in [0, 0.05) is 51.0 Å². The van der Waals surface area contributed by atoms with Crippen molar-refractivity contribution in [3.63, 3.8) is 0 Å². The molecule has 198 valence electrons. The topological polar surface area (TPSA) is 147 Å². The first kappa shape index (κ1) is 28.0. The van der Waals surface area contributed by atoms with Gasteiger partial charge in [-0.2, -0.15) is 4.31 Å². The van der Waals surface area contributed by atoms with Gasteiger partial charge in [0.25, 0.3) is 17.4 Å². The van der Waals surface area contributed by atoms with E-state index in [2.05, 4.69) is 0 Å². The number of non-ortho nitro benzene ring substituents is 1. The number of amides is 1. The number of carbonyl (C=O) groups excluding carboxylic acids is 2. The normalized spacial score (nSPS) is 17.5. The van der Waals surface area contributed by atoms with Gasteiger partial charge >= 0.3 is 0 Å². The summed E-state index contributed by atoms with van der Waals surface area (Å²) in [6, 6.07) is 9.81. The van der Waals surface area contributed by atoms with Gasteiger partial charge in [0.05, 0.1) is 21.4 Å². The Balaban J connectivity index is 2.09. The van der Waals surface area contributed by atoms with Crippen molar-refractivity contribution in [2.24, 2.45) is 0 Å². The zero-order chi connectivity index (χ0) is 27.3. The van der Waals surface area contributed by atoms with Gasteiger partial charge in [-0.3, -0.25) is 19.7 Å². The Morgan fingerprint density at radius 3 is 2.19 bits per heavy atom. The molecule has 12 heteroatoms. The lowest BCUT2D eigenvalue weighted by Gasteiger charge is -2.25. The van der Waals surface area contributed by atoms with Crippen LogP contribution >= 0.6 is 0 Å². The fraction of sp³-hybridized carbons (Fsp3) is 0.360. The van der Waals surface area contributed by atoms with Gasteiger partial charge in [0.1, 0.15) is 5.76 Å². The third-order valence-corrected chi connectivity index (χ3v) is 8.24. The predicted octanol–water partition coefficient (Wildman–Crippen LogP) is 3.08. The molecule has 2 aromatic rings. The molecule has 0 unspecified atom stereocenters. The van der Waals surface area contributed by atoms with Crippen LogP contribution in [0.2, 0.25) is 0 Å². The Morgan fingerprint density at radius 2 is 1.68 bits per heavy atom. The lowest BCUT2D eigenvalue weighted by Crippen LogP contribution is -2.31. The minimum absolute atomic E-state index is 0.0275. The van der Waals surface area contributed by atoms with Crippen molar-refractivity contribution in [3.05, 3.63) is 75.3 Å². The van der Waals surface area contributed by atoms with Crippen LogP contribution in [0.5, 0.6) is 0 Å². The molecule has 0 radical (unpaired) electrons. The van der Waals surface area contributed by atoms with E-state index >= 15 is 0 Å². The van der Waals surface area contributed by atoms with Crippen molar-refractivity contribution in [2.75, 3.05) is 33.4 Å². The monoisotopic (exact) mass is 531 g/mol. The Labute approximate surface area is 215 Å². The number of aliphatic hydroxyl groups is 1. The van der Waals surface area contributed by atoms with Crippen LogP contribution in [0.15, 0.2) is 59.0 Å². The van der Waals surface area contributed by atoms with Crippen molar-refractivity contribution >= 4 is 33.2 Å². The average molecular weight is 532 g/mol. The van der Waals surface area contributed by atoms with Crippen LogP contribution in [-0.2, 0) is 24.3 Å².